The van der Waals surface area contributed by atoms with Crippen LogP contribution in [-0.4, -0.2) is 34.0 Å². The molecule has 0 bridgehead atoms. The number of aliphatic hydroxyl groups is 2. The van der Waals surface area contributed by atoms with Crippen LogP contribution in [0.25, 0.3) is 0 Å². The highest BCUT2D eigenvalue weighted by atomic mass is 16.6. The number of esters is 1. The number of fused-ring (bicyclic) bond motifs is 5. The smallest absolute Gasteiger partial charge is 0.306 e. The number of aliphatic hydroxyl groups excluding tert-OH is 1. The number of hydrogen-bond acceptors (Lipinski definition) is 4. The van der Waals surface area contributed by atoms with Crippen molar-refractivity contribution in [2.24, 2.45) is 46.3 Å². The first-order chi connectivity index (χ1) is 23.9. The van der Waals surface area contributed by atoms with E-state index in [2.05, 4.69) is 91.0 Å². The van der Waals surface area contributed by atoms with E-state index in [-0.39, 0.29) is 23.7 Å². The van der Waals surface area contributed by atoms with Crippen molar-refractivity contribution in [3.8, 4) is 0 Å². The molecule has 50 heavy (non-hydrogen) atoms. The second-order valence-corrected chi connectivity index (χ2v) is 18.0. The summed E-state index contributed by atoms with van der Waals surface area (Å²) < 4.78 is 6.29. The van der Waals surface area contributed by atoms with Gasteiger partial charge in [-0.05, 0) is 124 Å². The topological polar surface area (TPSA) is 66.8 Å². The summed E-state index contributed by atoms with van der Waals surface area (Å²) in [6, 6.07) is 0. The van der Waals surface area contributed by atoms with E-state index in [1.54, 1.807) is 0 Å². The number of rotatable bonds is 19. The second kappa shape index (κ2) is 18.9. The van der Waals surface area contributed by atoms with E-state index < -0.39 is 23.2 Å². The van der Waals surface area contributed by atoms with E-state index >= 15 is 0 Å². The molecule has 0 aromatic heterocycles. The number of hydrogen-bond donors (Lipinski definition) is 2. The van der Waals surface area contributed by atoms with Crippen molar-refractivity contribution in [2.45, 2.75) is 188 Å². The van der Waals surface area contributed by atoms with E-state index in [0.29, 0.717) is 42.4 Å². The van der Waals surface area contributed by atoms with E-state index in [1.807, 2.05) is 0 Å². The third-order valence-electron chi connectivity index (χ3n) is 14.3. The molecule has 0 saturated heterocycles. The van der Waals surface area contributed by atoms with Gasteiger partial charge in [0.25, 0.3) is 0 Å². The van der Waals surface area contributed by atoms with Crippen LogP contribution in [0.4, 0.5) is 0 Å². The molecule has 4 rings (SSSR count). The molecule has 4 heteroatoms. The molecule has 0 aliphatic heterocycles. The molecule has 0 aromatic rings. The Hall–Kier alpha value is -1.65. The highest BCUT2D eigenvalue weighted by molar-refractivity contribution is 5.70. The molecule has 0 heterocycles. The van der Waals surface area contributed by atoms with Gasteiger partial charge in [-0.15, -0.1) is 0 Å². The number of allylic oxidation sites excluding steroid dienone is 7. The molecule has 284 valence electrons. The summed E-state index contributed by atoms with van der Waals surface area (Å²) >= 11 is 0. The highest BCUT2D eigenvalue weighted by Gasteiger charge is 2.66. The average molecular weight is 693 g/mol. The first-order valence-corrected chi connectivity index (χ1v) is 21.2. The van der Waals surface area contributed by atoms with Gasteiger partial charge in [-0.3, -0.25) is 4.79 Å². The Kier molecular flexibility index (Phi) is 15.5. The zero-order chi connectivity index (χ0) is 36.4. The molecule has 10 atom stereocenters. The maximum atomic E-state index is 13.4. The summed E-state index contributed by atoms with van der Waals surface area (Å²) in [5.74, 6) is 2.93. The summed E-state index contributed by atoms with van der Waals surface area (Å²) in [6.07, 6.45) is 34.5. The molecule has 2 N–H and O–H groups in total. The monoisotopic (exact) mass is 693 g/mol. The number of unbranched alkanes of at least 4 members (excludes halogenated alkanes) is 8. The molecule has 0 amide bonds. The normalized spacial score (nSPS) is 35.3. The van der Waals surface area contributed by atoms with Crippen LogP contribution in [0.2, 0.25) is 0 Å². The summed E-state index contributed by atoms with van der Waals surface area (Å²) in [6.45, 7) is 16.4. The van der Waals surface area contributed by atoms with Gasteiger partial charge in [0.2, 0.25) is 0 Å². The van der Waals surface area contributed by atoms with Crippen molar-refractivity contribution >= 4 is 5.97 Å². The van der Waals surface area contributed by atoms with Crippen molar-refractivity contribution in [1.82, 2.24) is 0 Å². The number of ether oxygens (including phenoxy) is 1. The molecule has 0 radical (unpaired) electrons. The minimum atomic E-state index is -1.23. The second-order valence-electron chi connectivity index (χ2n) is 18.0. The highest BCUT2D eigenvalue weighted by Crippen LogP contribution is 2.68. The van der Waals surface area contributed by atoms with Gasteiger partial charge in [-0.1, -0.05) is 123 Å². The fourth-order valence-corrected chi connectivity index (χ4v) is 10.5. The molecular weight excluding hydrogens is 617 g/mol. The van der Waals surface area contributed by atoms with E-state index in [9.17, 15) is 15.0 Å². The van der Waals surface area contributed by atoms with E-state index in [4.69, 9.17) is 4.74 Å². The van der Waals surface area contributed by atoms with Crippen molar-refractivity contribution in [1.29, 1.82) is 0 Å². The van der Waals surface area contributed by atoms with Crippen LogP contribution < -0.4 is 0 Å². The molecule has 0 spiro atoms. The van der Waals surface area contributed by atoms with Crippen molar-refractivity contribution in [3.05, 3.63) is 48.1 Å². The fourth-order valence-electron chi connectivity index (χ4n) is 10.5. The predicted octanol–water partition coefficient (Wildman–Crippen LogP) is 11.9. The Morgan fingerprint density at radius 2 is 1.54 bits per heavy atom. The van der Waals surface area contributed by atoms with E-state index in [1.165, 1.54) is 63.4 Å². The van der Waals surface area contributed by atoms with Gasteiger partial charge in [0, 0.05) is 18.3 Å². The lowest BCUT2D eigenvalue weighted by Crippen LogP contribution is -2.66. The minimum absolute atomic E-state index is 0.201. The van der Waals surface area contributed by atoms with Crippen LogP contribution in [0.5, 0.6) is 0 Å². The van der Waals surface area contributed by atoms with Crippen LogP contribution >= 0.6 is 0 Å². The fraction of sp³-hybridized carbons (Fsp3) is 0.804. The summed E-state index contributed by atoms with van der Waals surface area (Å²) in [5.41, 5.74) is 0.0221. The zero-order valence-corrected chi connectivity index (χ0v) is 33.3. The van der Waals surface area contributed by atoms with Crippen molar-refractivity contribution in [2.75, 3.05) is 0 Å². The molecular formula is C46H76O4. The lowest BCUT2D eigenvalue weighted by Gasteiger charge is -2.62. The molecule has 0 unspecified atom stereocenters. The summed E-state index contributed by atoms with van der Waals surface area (Å²) in [5, 5.41) is 23.3. The van der Waals surface area contributed by atoms with Gasteiger partial charge in [-0.2, -0.15) is 0 Å². The summed E-state index contributed by atoms with van der Waals surface area (Å²) in [4.78, 5) is 13.4. The molecule has 3 fully saturated rings. The molecule has 4 aliphatic rings. The van der Waals surface area contributed by atoms with Crippen LogP contribution in [0, 0.1) is 46.3 Å². The molecule has 4 nitrogen and oxygen atoms in total. The maximum Gasteiger partial charge on any atom is 0.306 e. The minimum Gasteiger partial charge on any atom is -0.455 e. The van der Waals surface area contributed by atoms with Crippen molar-refractivity contribution in [3.63, 3.8) is 0 Å². The number of carbonyl (C=O) groups excluding carboxylic acids is 1. The van der Waals surface area contributed by atoms with Gasteiger partial charge < -0.3 is 14.9 Å². The molecule has 4 aliphatic carbocycles. The Balaban J connectivity index is 1.33. The predicted molar refractivity (Wildman–Crippen MR) is 210 cm³/mol. The Bertz CT molecular complexity index is 1180. The van der Waals surface area contributed by atoms with Crippen LogP contribution in [0.3, 0.4) is 0 Å². The summed E-state index contributed by atoms with van der Waals surface area (Å²) in [7, 11) is 0. The molecule has 0 aromatic carbocycles. The molecule has 3 saturated carbocycles. The Labute approximate surface area is 307 Å². The van der Waals surface area contributed by atoms with Gasteiger partial charge in [-0.25, -0.2) is 0 Å². The third-order valence-corrected chi connectivity index (χ3v) is 14.3. The van der Waals surface area contributed by atoms with Crippen LogP contribution in [0.15, 0.2) is 48.1 Å². The SMILES string of the molecule is CCCCC/C=C\C/C=C\CCCCCCCC(=O)O[C@@H]1C=C2[C@@H]3CC[C@H]([C@H](C)/C=C/[C@H](C)C(C)C)[C@@]3(C)CC[C@@H]2[C@@]2(C)CC[C@H](O)C[C@]12O. The third kappa shape index (κ3) is 9.66. The first kappa shape index (κ1) is 41.1. The van der Waals surface area contributed by atoms with Gasteiger partial charge >= 0.3 is 5.97 Å². The largest absolute Gasteiger partial charge is 0.455 e. The van der Waals surface area contributed by atoms with Crippen LogP contribution in [-0.2, 0) is 9.53 Å². The van der Waals surface area contributed by atoms with Gasteiger partial charge in [0.15, 0.2) is 0 Å². The lowest BCUT2D eigenvalue weighted by molar-refractivity contribution is -0.222. The van der Waals surface area contributed by atoms with Crippen molar-refractivity contribution < 1.29 is 19.7 Å². The first-order valence-electron chi connectivity index (χ1n) is 21.2. The standard InChI is InChI=1S/C46H76O4/c1-8-9-10-11-12-13-14-15-16-17-18-19-20-21-22-23-43(48)50-42-32-38-40-27-26-39(36(5)25-24-35(4)34(2)3)44(40,6)30-29-41(38)45(7)31-28-37(47)33-46(42,45)49/h12-13,15-16,24-25,32,34-37,39-42,47,49H,8-11,14,17-23,26-31,33H2,1-7H3/b13-12-,16-15-,25-24+/t35-,36+,37-,39+,40-,41-,42+,44+,45+,46-/m0/s1. The van der Waals surface area contributed by atoms with Crippen LogP contribution in [0.1, 0.15) is 170 Å². The lowest BCUT2D eigenvalue weighted by atomic mass is 9.45. The quantitative estimate of drug-likeness (QED) is 0.0803. The van der Waals surface area contributed by atoms with E-state index in [0.717, 1.165) is 44.9 Å². The maximum absolute atomic E-state index is 13.4. The average Bonchev–Trinajstić information content (AvgIpc) is 3.43. The van der Waals surface area contributed by atoms with Gasteiger partial charge in [0.05, 0.1) is 6.10 Å². The number of carbonyl (C=O) groups is 1. The van der Waals surface area contributed by atoms with Gasteiger partial charge in [0.1, 0.15) is 11.7 Å². The Morgan fingerprint density at radius 1 is 0.860 bits per heavy atom. The Morgan fingerprint density at radius 3 is 2.24 bits per heavy atom. The zero-order valence-electron chi connectivity index (χ0n) is 33.3.